The molecule has 0 unspecified atom stereocenters. The second-order valence-corrected chi connectivity index (χ2v) is 4.70. The Morgan fingerprint density at radius 2 is 1.87 bits per heavy atom. The fraction of sp³-hybridized carbons (Fsp3) is 0.188. The van der Waals surface area contributed by atoms with E-state index in [4.69, 9.17) is 4.74 Å². The molecule has 2 N–H and O–H groups in total. The Labute approximate surface area is 131 Å². The van der Waals surface area contributed by atoms with Gasteiger partial charge in [-0.05, 0) is 24.3 Å². The number of ether oxygens (including phenoxy) is 1. The van der Waals surface area contributed by atoms with Crippen LogP contribution in [0.1, 0.15) is 11.1 Å². The van der Waals surface area contributed by atoms with E-state index in [1.807, 2.05) is 0 Å². The van der Waals surface area contributed by atoms with Crippen LogP contribution in [0.25, 0.3) is 0 Å². The quantitative estimate of drug-likeness (QED) is 0.892. The summed E-state index contributed by atoms with van der Waals surface area (Å²) in [5.41, 5.74) is 0.00609. The van der Waals surface area contributed by atoms with Gasteiger partial charge in [0.1, 0.15) is 5.75 Å². The van der Waals surface area contributed by atoms with Gasteiger partial charge in [0, 0.05) is 17.8 Å². The Hall–Kier alpha value is -2.70. The van der Waals surface area contributed by atoms with E-state index in [-0.39, 0.29) is 12.2 Å². The second-order valence-electron chi connectivity index (χ2n) is 4.70. The molecule has 2 rings (SSSR count). The van der Waals surface area contributed by atoms with Crippen LogP contribution in [0.5, 0.6) is 5.75 Å². The third-order valence-corrected chi connectivity index (χ3v) is 3.08. The number of halogens is 3. The van der Waals surface area contributed by atoms with E-state index in [2.05, 4.69) is 10.6 Å². The van der Waals surface area contributed by atoms with Gasteiger partial charge < -0.3 is 15.4 Å². The molecule has 0 aliphatic heterocycles. The van der Waals surface area contributed by atoms with Crippen molar-refractivity contribution in [3.05, 3.63) is 59.7 Å². The number of anilines is 1. The van der Waals surface area contributed by atoms with Crippen molar-refractivity contribution in [3.63, 3.8) is 0 Å². The predicted octanol–water partition coefficient (Wildman–Crippen LogP) is 4.04. The van der Waals surface area contributed by atoms with Crippen LogP contribution in [-0.2, 0) is 12.7 Å². The van der Waals surface area contributed by atoms with Crippen LogP contribution in [-0.4, -0.2) is 13.1 Å². The lowest BCUT2D eigenvalue weighted by Crippen LogP contribution is -2.28. The fourth-order valence-corrected chi connectivity index (χ4v) is 1.97. The van der Waals surface area contributed by atoms with Gasteiger partial charge in [0.25, 0.3) is 0 Å². The maximum Gasteiger partial charge on any atom is 0.416 e. The smallest absolute Gasteiger partial charge is 0.416 e. The first-order valence-electron chi connectivity index (χ1n) is 6.74. The van der Waals surface area contributed by atoms with Crippen LogP contribution in [0.3, 0.4) is 0 Å². The summed E-state index contributed by atoms with van der Waals surface area (Å²) in [6.07, 6.45) is -4.45. The van der Waals surface area contributed by atoms with Crippen LogP contribution < -0.4 is 15.4 Å². The van der Waals surface area contributed by atoms with E-state index in [0.717, 1.165) is 17.7 Å². The molecule has 4 nitrogen and oxygen atoms in total. The summed E-state index contributed by atoms with van der Waals surface area (Å²) in [7, 11) is 1.52. The van der Waals surface area contributed by atoms with Crippen molar-refractivity contribution in [3.8, 4) is 5.75 Å². The van der Waals surface area contributed by atoms with Crippen LogP contribution in [0, 0.1) is 0 Å². The van der Waals surface area contributed by atoms with Crippen LogP contribution in [0.4, 0.5) is 23.7 Å². The number of amides is 2. The van der Waals surface area contributed by atoms with E-state index < -0.39 is 17.8 Å². The lowest BCUT2D eigenvalue weighted by atomic mass is 10.2. The number of carbonyl (C=O) groups is 1. The fourth-order valence-electron chi connectivity index (χ4n) is 1.97. The SMILES string of the molecule is COc1ccccc1CNC(=O)Nc1cccc(C(F)(F)F)c1. The number of nitrogens with one attached hydrogen (secondary N) is 2. The summed E-state index contributed by atoms with van der Waals surface area (Å²) in [5.74, 6) is 0.617. The third kappa shape index (κ3) is 4.64. The molecular formula is C16H15F3N2O2. The summed E-state index contributed by atoms with van der Waals surface area (Å²) in [6.45, 7) is 0.189. The van der Waals surface area contributed by atoms with Gasteiger partial charge in [-0.15, -0.1) is 0 Å². The molecule has 0 saturated heterocycles. The average molecular weight is 324 g/mol. The second kappa shape index (κ2) is 7.04. The average Bonchev–Trinajstić information content (AvgIpc) is 2.52. The zero-order valence-corrected chi connectivity index (χ0v) is 12.3. The molecule has 0 fully saturated rings. The number of hydrogen-bond acceptors (Lipinski definition) is 2. The van der Waals surface area contributed by atoms with Gasteiger partial charge in [-0.2, -0.15) is 13.2 Å². The van der Waals surface area contributed by atoms with Crippen molar-refractivity contribution >= 4 is 11.7 Å². The minimum Gasteiger partial charge on any atom is -0.496 e. The number of rotatable bonds is 4. The maximum absolute atomic E-state index is 12.6. The van der Waals surface area contributed by atoms with E-state index in [1.54, 1.807) is 24.3 Å². The van der Waals surface area contributed by atoms with Gasteiger partial charge in [-0.25, -0.2) is 4.79 Å². The summed E-state index contributed by atoms with van der Waals surface area (Å²) in [4.78, 5) is 11.8. The topological polar surface area (TPSA) is 50.4 Å². The zero-order valence-electron chi connectivity index (χ0n) is 12.3. The van der Waals surface area contributed by atoms with Crippen molar-refractivity contribution in [2.45, 2.75) is 12.7 Å². The Kier molecular flexibility index (Phi) is 5.10. The van der Waals surface area contributed by atoms with Crippen molar-refractivity contribution in [1.29, 1.82) is 0 Å². The Balaban J connectivity index is 1.98. The van der Waals surface area contributed by atoms with Crippen molar-refractivity contribution in [2.75, 3.05) is 12.4 Å². The first-order chi connectivity index (χ1) is 10.9. The molecule has 0 spiro atoms. The van der Waals surface area contributed by atoms with Crippen LogP contribution >= 0.6 is 0 Å². The highest BCUT2D eigenvalue weighted by Gasteiger charge is 2.30. The van der Waals surface area contributed by atoms with Crippen molar-refractivity contribution in [1.82, 2.24) is 5.32 Å². The molecule has 0 bridgehead atoms. The Morgan fingerprint density at radius 1 is 1.13 bits per heavy atom. The molecule has 0 atom stereocenters. The number of para-hydroxylation sites is 1. The molecule has 122 valence electrons. The van der Waals surface area contributed by atoms with Crippen LogP contribution in [0.2, 0.25) is 0 Å². The number of methoxy groups -OCH3 is 1. The largest absolute Gasteiger partial charge is 0.496 e. The molecule has 0 aromatic heterocycles. The molecule has 2 aromatic carbocycles. The normalized spacial score (nSPS) is 11.0. The van der Waals surface area contributed by atoms with Gasteiger partial charge in [-0.1, -0.05) is 24.3 Å². The van der Waals surface area contributed by atoms with Gasteiger partial charge in [0.2, 0.25) is 0 Å². The predicted molar refractivity (Wildman–Crippen MR) is 80.3 cm³/mol. The number of alkyl halides is 3. The molecule has 0 aliphatic carbocycles. The van der Waals surface area contributed by atoms with Gasteiger partial charge >= 0.3 is 12.2 Å². The van der Waals surface area contributed by atoms with Crippen molar-refractivity contribution < 1.29 is 22.7 Å². The Morgan fingerprint density at radius 3 is 2.57 bits per heavy atom. The summed E-state index contributed by atoms with van der Waals surface area (Å²) < 4.78 is 43.0. The lowest BCUT2D eigenvalue weighted by molar-refractivity contribution is -0.137. The summed E-state index contributed by atoms with van der Waals surface area (Å²) >= 11 is 0. The number of benzene rings is 2. The highest BCUT2D eigenvalue weighted by atomic mass is 19.4. The molecule has 0 heterocycles. The zero-order chi connectivity index (χ0) is 16.9. The number of hydrogen-bond donors (Lipinski definition) is 2. The molecule has 2 amide bonds. The molecule has 7 heteroatoms. The molecule has 2 aromatic rings. The lowest BCUT2D eigenvalue weighted by Gasteiger charge is -2.12. The first-order valence-corrected chi connectivity index (χ1v) is 6.74. The summed E-state index contributed by atoms with van der Waals surface area (Å²) in [5, 5.41) is 4.94. The standard InChI is InChI=1S/C16H15F3N2O2/c1-23-14-8-3-2-5-11(14)10-20-15(22)21-13-7-4-6-12(9-13)16(17,18)19/h2-9H,10H2,1H3,(H2,20,21,22). The number of urea groups is 1. The minimum atomic E-state index is -4.45. The molecule has 23 heavy (non-hydrogen) atoms. The first kappa shape index (κ1) is 16.7. The minimum absolute atomic E-state index is 0.0670. The van der Waals surface area contributed by atoms with Gasteiger partial charge in [0.15, 0.2) is 0 Å². The monoisotopic (exact) mass is 324 g/mol. The van der Waals surface area contributed by atoms with E-state index in [0.29, 0.717) is 5.75 Å². The van der Waals surface area contributed by atoms with E-state index in [9.17, 15) is 18.0 Å². The molecule has 0 saturated carbocycles. The van der Waals surface area contributed by atoms with E-state index >= 15 is 0 Å². The highest BCUT2D eigenvalue weighted by molar-refractivity contribution is 5.89. The summed E-state index contributed by atoms with van der Waals surface area (Å²) in [6, 6.07) is 11.0. The van der Waals surface area contributed by atoms with Gasteiger partial charge in [0.05, 0.1) is 12.7 Å². The van der Waals surface area contributed by atoms with E-state index in [1.165, 1.54) is 19.2 Å². The van der Waals surface area contributed by atoms with Gasteiger partial charge in [-0.3, -0.25) is 0 Å². The Bertz CT molecular complexity index is 687. The molecule has 0 aliphatic rings. The third-order valence-electron chi connectivity index (χ3n) is 3.08. The highest BCUT2D eigenvalue weighted by Crippen LogP contribution is 2.30. The maximum atomic E-state index is 12.6. The number of carbonyl (C=O) groups excluding carboxylic acids is 1. The van der Waals surface area contributed by atoms with Crippen LogP contribution in [0.15, 0.2) is 48.5 Å². The van der Waals surface area contributed by atoms with Crippen molar-refractivity contribution in [2.24, 2.45) is 0 Å². The molecule has 0 radical (unpaired) electrons. The molecular weight excluding hydrogens is 309 g/mol.